The van der Waals surface area contributed by atoms with Gasteiger partial charge in [-0.15, -0.1) is 6.58 Å². The zero-order chi connectivity index (χ0) is 21.8. The molecular weight excluding hydrogens is 413 g/mol. The van der Waals surface area contributed by atoms with Crippen molar-refractivity contribution in [2.24, 2.45) is 5.92 Å². The molecule has 0 aromatic heterocycles. The quantitative estimate of drug-likeness (QED) is 0.365. The van der Waals surface area contributed by atoms with Crippen molar-refractivity contribution in [2.45, 2.75) is 25.6 Å². The van der Waals surface area contributed by atoms with Gasteiger partial charge in [0, 0.05) is 16.6 Å². The Morgan fingerprint density at radius 2 is 1.74 bits per heavy atom. The Balaban J connectivity index is 1.61. The van der Waals surface area contributed by atoms with E-state index in [1.54, 1.807) is 36.4 Å². The van der Waals surface area contributed by atoms with Crippen molar-refractivity contribution in [1.82, 2.24) is 0 Å². The van der Waals surface area contributed by atoms with Gasteiger partial charge in [0.05, 0.1) is 6.04 Å². The number of rotatable bonds is 7. The molecule has 1 amide bonds. The molecule has 0 spiro atoms. The van der Waals surface area contributed by atoms with Crippen LogP contribution in [0.4, 0.5) is 10.1 Å². The van der Waals surface area contributed by atoms with Crippen molar-refractivity contribution >= 4 is 23.2 Å². The highest BCUT2D eigenvalue weighted by Crippen LogP contribution is 2.42. The van der Waals surface area contributed by atoms with E-state index < -0.39 is 6.67 Å². The smallest absolute Gasteiger partial charge is 0.231 e. The number of amides is 1. The molecule has 1 fully saturated rings. The third kappa shape index (κ3) is 4.64. The molecule has 0 aliphatic carbocycles. The van der Waals surface area contributed by atoms with Crippen LogP contribution in [0, 0.1) is 5.92 Å². The SMILES string of the molecule is C=CC[C@@H]1C[C@H](c2cccc(CF)c2)N(c2ccc(Oc3ccc(Cl)cc3)cc2)C1=O. The average molecular weight is 436 g/mol. The molecule has 0 N–H and O–H groups in total. The van der Waals surface area contributed by atoms with Gasteiger partial charge in [0.1, 0.15) is 18.2 Å². The topological polar surface area (TPSA) is 29.5 Å². The summed E-state index contributed by atoms with van der Waals surface area (Å²) in [5.41, 5.74) is 2.34. The van der Waals surface area contributed by atoms with Crippen molar-refractivity contribution in [2.75, 3.05) is 4.90 Å². The number of allylic oxidation sites excluding steroid dienone is 1. The molecule has 0 saturated carbocycles. The Kier molecular flexibility index (Phi) is 6.38. The minimum Gasteiger partial charge on any atom is -0.457 e. The first kappa shape index (κ1) is 21.1. The number of carbonyl (C=O) groups excluding carboxylic acids is 1. The fraction of sp³-hybridized carbons (Fsp3) is 0.192. The lowest BCUT2D eigenvalue weighted by atomic mass is 9.96. The molecule has 3 aromatic carbocycles. The standard InChI is InChI=1S/C26H23ClFNO2/c1-2-4-20-16-25(19-6-3-5-18(15-19)17-28)29(26(20)30)22-9-13-24(14-10-22)31-23-11-7-21(27)8-12-23/h2-3,5-15,20,25H,1,4,16-17H2/t20-,25-/m1/s1. The van der Waals surface area contributed by atoms with E-state index in [0.717, 1.165) is 11.3 Å². The predicted molar refractivity (Wildman–Crippen MR) is 122 cm³/mol. The van der Waals surface area contributed by atoms with E-state index >= 15 is 0 Å². The Bertz CT molecular complexity index is 1070. The summed E-state index contributed by atoms with van der Waals surface area (Å²) >= 11 is 5.92. The maximum Gasteiger partial charge on any atom is 0.231 e. The average Bonchev–Trinajstić information content (AvgIpc) is 3.12. The summed E-state index contributed by atoms with van der Waals surface area (Å²) in [4.78, 5) is 15.0. The molecule has 158 valence electrons. The summed E-state index contributed by atoms with van der Waals surface area (Å²) in [5, 5.41) is 0.646. The molecule has 2 atom stereocenters. The van der Waals surface area contributed by atoms with Crippen LogP contribution in [-0.2, 0) is 11.5 Å². The highest BCUT2D eigenvalue weighted by atomic mass is 35.5. The molecule has 31 heavy (non-hydrogen) atoms. The zero-order valence-corrected chi connectivity index (χ0v) is 17.8. The number of hydrogen-bond donors (Lipinski definition) is 0. The predicted octanol–water partition coefficient (Wildman–Crippen LogP) is 7.27. The second-order valence-electron chi connectivity index (χ2n) is 7.61. The molecule has 1 aliphatic heterocycles. The van der Waals surface area contributed by atoms with E-state index in [-0.39, 0.29) is 17.9 Å². The van der Waals surface area contributed by atoms with Gasteiger partial charge in [0.25, 0.3) is 0 Å². The van der Waals surface area contributed by atoms with E-state index in [1.807, 2.05) is 47.4 Å². The van der Waals surface area contributed by atoms with E-state index in [0.29, 0.717) is 34.9 Å². The molecule has 4 rings (SSSR count). The minimum atomic E-state index is -0.526. The van der Waals surface area contributed by atoms with Crippen LogP contribution in [0.25, 0.3) is 0 Å². The first-order chi connectivity index (χ1) is 15.1. The number of halogens is 2. The lowest BCUT2D eigenvalue weighted by Gasteiger charge is -2.26. The Morgan fingerprint density at radius 3 is 2.39 bits per heavy atom. The highest BCUT2D eigenvalue weighted by Gasteiger charge is 2.40. The molecular formula is C26H23ClFNO2. The van der Waals surface area contributed by atoms with E-state index in [2.05, 4.69) is 6.58 Å². The van der Waals surface area contributed by atoms with E-state index in [1.165, 1.54) is 0 Å². The summed E-state index contributed by atoms with van der Waals surface area (Å²) in [7, 11) is 0. The highest BCUT2D eigenvalue weighted by molar-refractivity contribution is 6.30. The molecule has 1 heterocycles. The van der Waals surface area contributed by atoms with Gasteiger partial charge >= 0.3 is 0 Å². The lowest BCUT2D eigenvalue weighted by molar-refractivity contribution is -0.120. The van der Waals surface area contributed by atoms with Crippen LogP contribution >= 0.6 is 11.6 Å². The molecule has 5 heteroatoms. The van der Waals surface area contributed by atoms with Crippen LogP contribution in [0.5, 0.6) is 11.5 Å². The lowest BCUT2D eigenvalue weighted by Crippen LogP contribution is -2.29. The van der Waals surface area contributed by atoms with Gasteiger partial charge < -0.3 is 9.64 Å². The number of anilines is 1. The summed E-state index contributed by atoms with van der Waals surface area (Å²) in [6.07, 6.45) is 3.07. The molecule has 1 aliphatic rings. The van der Waals surface area contributed by atoms with Crippen molar-refractivity contribution in [1.29, 1.82) is 0 Å². The number of carbonyl (C=O) groups is 1. The van der Waals surface area contributed by atoms with E-state index in [9.17, 15) is 9.18 Å². The molecule has 1 saturated heterocycles. The Hall–Kier alpha value is -3.11. The minimum absolute atomic E-state index is 0.0573. The fourth-order valence-corrected chi connectivity index (χ4v) is 4.14. The van der Waals surface area contributed by atoms with Crippen molar-refractivity contribution in [3.05, 3.63) is 102 Å². The van der Waals surface area contributed by atoms with Crippen molar-refractivity contribution < 1.29 is 13.9 Å². The van der Waals surface area contributed by atoms with Crippen molar-refractivity contribution in [3.8, 4) is 11.5 Å². The fourth-order valence-electron chi connectivity index (χ4n) is 4.01. The second kappa shape index (κ2) is 9.36. The van der Waals surface area contributed by atoms with Crippen LogP contribution < -0.4 is 9.64 Å². The van der Waals surface area contributed by atoms with Gasteiger partial charge in [-0.2, -0.15) is 0 Å². The van der Waals surface area contributed by atoms with Crippen molar-refractivity contribution in [3.63, 3.8) is 0 Å². The Morgan fingerprint density at radius 1 is 1.06 bits per heavy atom. The first-order valence-electron chi connectivity index (χ1n) is 10.2. The first-order valence-corrected chi connectivity index (χ1v) is 10.6. The van der Waals surface area contributed by atoms with Gasteiger partial charge in [0.15, 0.2) is 0 Å². The van der Waals surface area contributed by atoms with Gasteiger partial charge in [-0.1, -0.05) is 41.9 Å². The summed E-state index contributed by atoms with van der Waals surface area (Å²) in [6, 6.07) is 21.8. The van der Waals surface area contributed by atoms with E-state index in [4.69, 9.17) is 16.3 Å². The van der Waals surface area contributed by atoms with Gasteiger partial charge in [-0.25, -0.2) is 4.39 Å². The zero-order valence-electron chi connectivity index (χ0n) is 17.0. The molecule has 3 nitrogen and oxygen atoms in total. The van der Waals surface area contributed by atoms with Crippen LogP contribution in [0.1, 0.15) is 30.0 Å². The number of hydrogen-bond acceptors (Lipinski definition) is 2. The summed E-state index contributed by atoms with van der Waals surface area (Å²) < 4.78 is 19.1. The van der Waals surface area contributed by atoms with Gasteiger partial charge in [-0.3, -0.25) is 4.79 Å². The molecule has 0 radical (unpaired) electrons. The van der Waals surface area contributed by atoms with Crippen LogP contribution in [-0.4, -0.2) is 5.91 Å². The number of benzene rings is 3. The summed E-state index contributed by atoms with van der Waals surface area (Å²) in [5.74, 6) is 1.26. The number of alkyl halides is 1. The third-order valence-corrected chi connectivity index (χ3v) is 5.76. The normalized spacial score (nSPS) is 18.3. The largest absolute Gasteiger partial charge is 0.457 e. The van der Waals surface area contributed by atoms with Gasteiger partial charge in [-0.05, 0) is 72.5 Å². The maximum absolute atomic E-state index is 13.2. The monoisotopic (exact) mass is 435 g/mol. The number of nitrogens with zero attached hydrogens (tertiary/aromatic N) is 1. The summed E-state index contributed by atoms with van der Waals surface area (Å²) in [6.45, 7) is 3.27. The van der Waals surface area contributed by atoms with Crippen LogP contribution in [0.3, 0.4) is 0 Å². The van der Waals surface area contributed by atoms with Crippen LogP contribution in [0.2, 0.25) is 5.02 Å². The molecule has 0 unspecified atom stereocenters. The molecule has 0 bridgehead atoms. The molecule has 3 aromatic rings. The Labute approximate surface area is 186 Å². The second-order valence-corrected chi connectivity index (χ2v) is 8.05. The third-order valence-electron chi connectivity index (χ3n) is 5.51. The maximum atomic E-state index is 13.2. The van der Waals surface area contributed by atoms with Crippen LogP contribution in [0.15, 0.2) is 85.5 Å². The number of ether oxygens (including phenoxy) is 1. The van der Waals surface area contributed by atoms with Gasteiger partial charge in [0.2, 0.25) is 5.91 Å².